The van der Waals surface area contributed by atoms with Gasteiger partial charge in [-0.05, 0) is 57.8 Å². The molecule has 0 aromatic carbocycles. The topological polar surface area (TPSA) is 72.8 Å². The Balaban J connectivity index is 3.47. The van der Waals surface area contributed by atoms with Crippen molar-refractivity contribution in [1.82, 2.24) is 0 Å². The lowest BCUT2D eigenvalue weighted by molar-refractivity contribution is -0.161. The van der Waals surface area contributed by atoms with Crippen molar-refractivity contribution in [3.63, 3.8) is 0 Å². The van der Waals surface area contributed by atoms with Gasteiger partial charge in [-0.2, -0.15) is 0 Å². The summed E-state index contributed by atoms with van der Waals surface area (Å²) in [4.78, 5) is 24.3. The summed E-state index contributed by atoms with van der Waals surface area (Å²) < 4.78 is 10.6. The number of carbonyl (C=O) groups is 2. The van der Waals surface area contributed by atoms with E-state index in [1.165, 1.54) is 135 Å². The molecule has 0 amide bonds. The summed E-state index contributed by atoms with van der Waals surface area (Å²) in [6, 6.07) is 0. The molecule has 0 radical (unpaired) electrons. The smallest absolute Gasteiger partial charge is 0.306 e. The Labute approximate surface area is 347 Å². The molecule has 1 unspecified atom stereocenters. The first-order chi connectivity index (χ1) is 27.6. The number of aliphatic hydroxyl groups is 1. The zero-order chi connectivity index (χ0) is 40.7. The number of allylic oxidation sites excluding steroid dienone is 10. The van der Waals surface area contributed by atoms with Crippen molar-refractivity contribution in [3.8, 4) is 0 Å². The molecule has 0 saturated carbocycles. The zero-order valence-electron chi connectivity index (χ0n) is 36.9. The lowest BCUT2D eigenvalue weighted by atomic mass is 10.0. The zero-order valence-corrected chi connectivity index (χ0v) is 36.9. The number of unbranched alkanes of at least 4 members (excludes halogenated alkanes) is 25. The van der Waals surface area contributed by atoms with Crippen LogP contribution in [-0.4, -0.2) is 36.4 Å². The SMILES string of the molecule is CC/C=C\C/C=C\C/C=C\C/C=C\C/C=C\CCCCCCCCCCCCCCCCCC(=O)OC(CO)COC(=O)CCCCCCCCCCCCC. The lowest BCUT2D eigenvalue weighted by Gasteiger charge is -2.15. The van der Waals surface area contributed by atoms with Gasteiger partial charge in [-0.15, -0.1) is 0 Å². The van der Waals surface area contributed by atoms with Gasteiger partial charge < -0.3 is 14.6 Å². The maximum absolute atomic E-state index is 12.2. The van der Waals surface area contributed by atoms with E-state index >= 15 is 0 Å². The lowest BCUT2D eigenvalue weighted by Crippen LogP contribution is -2.28. The molecule has 0 aromatic rings. The molecule has 324 valence electrons. The second-order valence-corrected chi connectivity index (χ2v) is 15.8. The number of aliphatic hydroxyl groups excluding tert-OH is 1. The highest BCUT2D eigenvalue weighted by Crippen LogP contribution is 2.15. The number of rotatable bonds is 43. The minimum absolute atomic E-state index is 0.0634. The van der Waals surface area contributed by atoms with Crippen LogP contribution in [0.15, 0.2) is 60.8 Å². The Morgan fingerprint density at radius 1 is 0.429 bits per heavy atom. The third-order valence-corrected chi connectivity index (χ3v) is 10.3. The largest absolute Gasteiger partial charge is 0.462 e. The highest BCUT2D eigenvalue weighted by molar-refractivity contribution is 5.70. The van der Waals surface area contributed by atoms with Crippen LogP contribution < -0.4 is 0 Å². The van der Waals surface area contributed by atoms with E-state index in [2.05, 4.69) is 74.6 Å². The van der Waals surface area contributed by atoms with Crippen LogP contribution in [0.4, 0.5) is 0 Å². The summed E-state index contributed by atoms with van der Waals surface area (Å²) in [5, 5.41) is 9.58. The fraction of sp³-hybridized carbons (Fsp3) is 0.765. The molecule has 0 rings (SSSR count). The average molecular weight is 783 g/mol. The molecular formula is C51H90O5. The first-order valence-corrected chi connectivity index (χ1v) is 23.8. The summed E-state index contributed by atoms with van der Waals surface area (Å²) >= 11 is 0. The van der Waals surface area contributed by atoms with Crippen molar-refractivity contribution in [2.24, 2.45) is 0 Å². The van der Waals surface area contributed by atoms with E-state index in [0.717, 1.165) is 70.6 Å². The summed E-state index contributed by atoms with van der Waals surface area (Å²) in [6.07, 6.45) is 61.7. The van der Waals surface area contributed by atoms with Crippen molar-refractivity contribution in [2.75, 3.05) is 13.2 Å². The minimum atomic E-state index is -0.769. The van der Waals surface area contributed by atoms with Crippen LogP contribution in [0, 0.1) is 0 Å². The van der Waals surface area contributed by atoms with Crippen LogP contribution >= 0.6 is 0 Å². The fourth-order valence-electron chi connectivity index (χ4n) is 6.76. The maximum Gasteiger partial charge on any atom is 0.306 e. The van der Waals surface area contributed by atoms with Crippen LogP contribution in [0.5, 0.6) is 0 Å². The van der Waals surface area contributed by atoms with Gasteiger partial charge in [-0.25, -0.2) is 0 Å². The van der Waals surface area contributed by atoms with Crippen LogP contribution in [0.25, 0.3) is 0 Å². The molecule has 0 saturated heterocycles. The fourth-order valence-corrected chi connectivity index (χ4v) is 6.76. The van der Waals surface area contributed by atoms with Crippen LogP contribution in [0.3, 0.4) is 0 Å². The molecule has 0 fully saturated rings. The van der Waals surface area contributed by atoms with E-state index < -0.39 is 6.10 Å². The third-order valence-electron chi connectivity index (χ3n) is 10.3. The molecule has 1 atom stereocenters. The summed E-state index contributed by atoms with van der Waals surface area (Å²) in [7, 11) is 0. The van der Waals surface area contributed by atoms with Gasteiger partial charge >= 0.3 is 11.9 Å². The van der Waals surface area contributed by atoms with E-state index in [1.807, 2.05) is 0 Å². The van der Waals surface area contributed by atoms with E-state index in [1.54, 1.807) is 0 Å². The van der Waals surface area contributed by atoms with Gasteiger partial charge in [0.25, 0.3) is 0 Å². The molecule has 1 N–H and O–H groups in total. The highest BCUT2D eigenvalue weighted by atomic mass is 16.6. The van der Waals surface area contributed by atoms with E-state index in [9.17, 15) is 14.7 Å². The number of hydrogen-bond acceptors (Lipinski definition) is 5. The van der Waals surface area contributed by atoms with Gasteiger partial charge in [-0.1, -0.05) is 222 Å². The highest BCUT2D eigenvalue weighted by Gasteiger charge is 2.16. The molecule has 5 heteroatoms. The summed E-state index contributed by atoms with van der Waals surface area (Å²) in [6.45, 7) is 4.02. The first-order valence-electron chi connectivity index (χ1n) is 23.8. The Morgan fingerprint density at radius 3 is 1.16 bits per heavy atom. The van der Waals surface area contributed by atoms with E-state index in [4.69, 9.17) is 9.47 Å². The van der Waals surface area contributed by atoms with Gasteiger partial charge in [0.2, 0.25) is 0 Å². The maximum atomic E-state index is 12.2. The molecule has 0 aliphatic carbocycles. The molecule has 0 heterocycles. The molecule has 0 spiro atoms. The Bertz CT molecular complexity index is 977. The Morgan fingerprint density at radius 2 is 0.768 bits per heavy atom. The van der Waals surface area contributed by atoms with Gasteiger partial charge in [-0.3, -0.25) is 9.59 Å². The quantitative estimate of drug-likeness (QED) is 0.0379. The second-order valence-electron chi connectivity index (χ2n) is 15.8. The van der Waals surface area contributed by atoms with E-state index in [-0.39, 0.29) is 25.2 Å². The summed E-state index contributed by atoms with van der Waals surface area (Å²) in [5.74, 6) is -0.586. The van der Waals surface area contributed by atoms with Gasteiger partial charge in [0.1, 0.15) is 6.61 Å². The molecule has 0 aromatic heterocycles. The Kier molecular flexibility index (Phi) is 45.0. The van der Waals surface area contributed by atoms with Crippen LogP contribution in [0.1, 0.15) is 232 Å². The molecule has 5 nitrogen and oxygen atoms in total. The van der Waals surface area contributed by atoms with Crippen molar-refractivity contribution in [2.45, 2.75) is 238 Å². The molecular weight excluding hydrogens is 693 g/mol. The predicted molar refractivity (Wildman–Crippen MR) is 242 cm³/mol. The average Bonchev–Trinajstić information content (AvgIpc) is 3.20. The predicted octanol–water partition coefficient (Wildman–Crippen LogP) is 15.5. The normalized spacial score (nSPS) is 12.7. The number of ether oxygens (including phenoxy) is 2. The Hall–Kier alpha value is -2.40. The number of esters is 2. The molecule has 56 heavy (non-hydrogen) atoms. The van der Waals surface area contributed by atoms with Gasteiger partial charge in [0, 0.05) is 12.8 Å². The number of carbonyl (C=O) groups excluding carboxylic acids is 2. The van der Waals surface area contributed by atoms with Crippen LogP contribution in [0.2, 0.25) is 0 Å². The van der Waals surface area contributed by atoms with Crippen molar-refractivity contribution < 1.29 is 24.2 Å². The monoisotopic (exact) mass is 783 g/mol. The molecule has 0 aliphatic rings. The van der Waals surface area contributed by atoms with Crippen molar-refractivity contribution in [3.05, 3.63) is 60.8 Å². The van der Waals surface area contributed by atoms with Crippen molar-refractivity contribution >= 4 is 11.9 Å². The minimum Gasteiger partial charge on any atom is -0.462 e. The van der Waals surface area contributed by atoms with Gasteiger partial charge in [0.15, 0.2) is 6.10 Å². The third kappa shape index (κ3) is 44.3. The number of hydrogen-bond donors (Lipinski definition) is 1. The molecule has 0 bridgehead atoms. The van der Waals surface area contributed by atoms with Crippen molar-refractivity contribution in [1.29, 1.82) is 0 Å². The van der Waals surface area contributed by atoms with Crippen LogP contribution in [-0.2, 0) is 19.1 Å². The summed E-state index contributed by atoms with van der Waals surface area (Å²) in [5.41, 5.74) is 0. The van der Waals surface area contributed by atoms with Gasteiger partial charge in [0.05, 0.1) is 6.61 Å². The second kappa shape index (κ2) is 47.0. The van der Waals surface area contributed by atoms with E-state index in [0.29, 0.717) is 12.8 Å². The standard InChI is InChI=1S/C51H90O5/c1-3-5-7-9-11-13-15-16-17-18-19-20-21-22-23-24-25-26-27-28-29-30-31-32-33-34-36-38-40-42-44-46-51(54)56-49(47-52)48-55-50(53)45-43-41-39-37-35-14-12-10-8-6-4-2/h5,7,11,13,16-17,19-20,22-23,49,52H,3-4,6,8-10,12,14-15,18,21,24-48H2,1-2H3/b7-5-,13-11-,17-16-,20-19-,23-22-. The first kappa shape index (κ1) is 53.6. The molecule has 0 aliphatic heterocycles.